The third-order valence-corrected chi connectivity index (χ3v) is 2.24. The van der Waals surface area contributed by atoms with E-state index in [2.05, 4.69) is 6.30 Å². The molecule has 0 aromatic carbocycles. The van der Waals surface area contributed by atoms with Crippen molar-refractivity contribution >= 4 is 13.8 Å². The molecule has 0 radical (unpaired) electrons. The maximum Gasteiger partial charge on any atom is 0.323 e. The van der Waals surface area contributed by atoms with Crippen molar-refractivity contribution in [2.24, 2.45) is 0 Å². The van der Waals surface area contributed by atoms with Crippen LogP contribution < -0.4 is 0 Å². The van der Waals surface area contributed by atoms with Gasteiger partial charge < -0.3 is 14.6 Å². The van der Waals surface area contributed by atoms with Gasteiger partial charge in [-0.25, -0.2) is 0 Å². The van der Waals surface area contributed by atoms with E-state index in [-0.39, 0.29) is 6.03 Å². The lowest BCUT2D eigenvalue weighted by Crippen LogP contribution is -2.33. The van der Waals surface area contributed by atoms with Crippen molar-refractivity contribution in [1.82, 2.24) is 0 Å². The fraction of sp³-hybridized carbons (Fsp3) is 0.833. The highest BCUT2D eigenvalue weighted by molar-refractivity contribution is 7.55. The molecule has 0 spiro atoms. The molecule has 0 aromatic rings. The minimum Gasteiger partial charge on any atom is -0.388 e. The molecule has 0 aliphatic carbocycles. The topological polar surface area (TPSA) is 38.7 Å². The van der Waals surface area contributed by atoms with Gasteiger partial charge >= 0.3 is 6.03 Å². The Balaban J connectivity index is 2.33. The molecule has 1 saturated heterocycles. The van der Waals surface area contributed by atoms with Crippen molar-refractivity contribution in [1.29, 1.82) is 0 Å². The molecule has 1 heterocycles. The summed E-state index contributed by atoms with van der Waals surface area (Å²) < 4.78 is 10.3. The first-order valence-electron chi connectivity index (χ1n) is 3.15. The standard InChI is InChI=1S/C6H12O3P/c1-10(2)6-8-3-5(7)4-9-6/h5-7H,1,3-4H2,2H3/q+1. The molecule has 0 saturated carbocycles. The van der Waals surface area contributed by atoms with Gasteiger partial charge in [0.2, 0.25) is 0 Å². The quantitative estimate of drug-likeness (QED) is 0.562. The molecular weight excluding hydrogens is 151 g/mol. The van der Waals surface area contributed by atoms with Gasteiger partial charge in [-0.1, -0.05) is 0 Å². The first kappa shape index (κ1) is 8.15. The monoisotopic (exact) mass is 163 g/mol. The number of hydrogen-bond donors (Lipinski definition) is 1. The minimum atomic E-state index is -0.453. The SMILES string of the molecule is C=[P+](C)C1OCC(O)CO1. The summed E-state index contributed by atoms with van der Waals surface area (Å²) >= 11 is 0. The van der Waals surface area contributed by atoms with E-state index in [4.69, 9.17) is 14.6 Å². The van der Waals surface area contributed by atoms with Crippen molar-refractivity contribution in [3.63, 3.8) is 0 Å². The minimum absolute atomic E-state index is 0.168. The van der Waals surface area contributed by atoms with Crippen LogP contribution in [0.2, 0.25) is 0 Å². The Kier molecular flexibility index (Phi) is 2.81. The van der Waals surface area contributed by atoms with Gasteiger partial charge in [-0.2, -0.15) is 0 Å². The van der Waals surface area contributed by atoms with Gasteiger partial charge in [-0.05, 0) is 0 Å². The van der Waals surface area contributed by atoms with Crippen LogP contribution in [-0.2, 0) is 9.47 Å². The highest BCUT2D eigenvalue weighted by atomic mass is 31.1. The molecule has 0 amide bonds. The van der Waals surface area contributed by atoms with Crippen molar-refractivity contribution < 1.29 is 14.6 Å². The molecule has 0 aromatic heterocycles. The van der Waals surface area contributed by atoms with Gasteiger partial charge in [0.1, 0.15) is 20.3 Å². The van der Waals surface area contributed by atoms with Crippen LogP contribution in [0.25, 0.3) is 0 Å². The predicted octanol–water partition coefficient (Wildman–Crippen LogP) is 0.221. The van der Waals surface area contributed by atoms with Gasteiger partial charge in [-0.3, -0.25) is 0 Å². The first-order chi connectivity index (χ1) is 4.70. The largest absolute Gasteiger partial charge is 0.388 e. The van der Waals surface area contributed by atoms with Crippen LogP contribution in [0.4, 0.5) is 0 Å². The van der Waals surface area contributed by atoms with Gasteiger partial charge in [0.05, 0.1) is 19.5 Å². The Morgan fingerprint density at radius 3 is 2.40 bits per heavy atom. The summed E-state index contributed by atoms with van der Waals surface area (Å²) in [4.78, 5) is 0. The second-order valence-electron chi connectivity index (χ2n) is 2.38. The third-order valence-electron chi connectivity index (χ3n) is 1.22. The average molecular weight is 163 g/mol. The molecule has 1 rings (SSSR count). The summed E-state index contributed by atoms with van der Waals surface area (Å²) in [5, 5.41) is 8.95. The molecule has 3 nitrogen and oxygen atoms in total. The molecule has 0 bridgehead atoms. The average Bonchev–Trinajstić information content (AvgIpc) is 1.88. The Bertz CT molecular complexity index is 129. The second-order valence-corrected chi connectivity index (χ2v) is 4.32. The molecule has 10 heavy (non-hydrogen) atoms. The number of hydrogen-bond acceptors (Lipinski definition) is 3. The molecular formula is C6H12O3P+. The Morgan fingerprint density at radius 2 is 2.00 bits per heavy atom. The molecule has 1 unspecified atom stereocenters. The van der Waals surface area contributed by atoms with Crippen molar-refractivity contribution in [2.75, 3.05) is 19.9 Å². The normalized spacial score (nSPS) is 35.6. The zero-order valence-corrected chi connectivity index (χ0v) is 6.88. The Hall–Kier alpha value is 0.0500. The molecule has 1 N–H and O–H groups in total. The fourth-order valence-corrected chi connectivity index (χ4v) is 1.42. The fourth-order valence-electron chi connectivity index (χ4n) is 0.737. The molecule has 4 heteroatoms. The lowest BCUT2D eigenvalue weighted by Gasteiger charge is -2.21. The number of ether oxygens (including phenoxy) is 2. The first-order valence-corrected chi connectivity index (χ1v) is 5.19. The zero-order chi connectivity index (χ0) is 7.56. The molecule has 1 fully saturated rings. The van der Waals surface area contributed by atoms with E-state index in [0.29, 0.717) is 13.2 Å². The van der Waals surface area contributed by atoms with Gasteiger partial charge in [0.25, 0.3) is 0 Å². The van der Waals surface area contributed by atoms with Crippen molar-refractivity contribution in [3.05, 3.63) is 0 Å². The maximum absolute atomic E-state index is 8.95. The van der Waals surface area contributed by atoms with Crippen LogP contribution in [0.5, 0.6) is 0 Å². The lowest BCUT2D eigenvalue weighted by atomic mass is 10.4. The summed E-state index contributed by atoms with van der Waals surface area (Å²) in [6, 6.07) is -0.168. The van der Waals surface area contributed by atoms with E-state index in [1.54, 1.807) is 0 Å². The number of rotatable bonds is 1. The van der Waals surface area contributed by atoms with Gasteiger partial charge in [0, 0.05) is 0 Å². The molecule has 1 aliphatic rings. The van der Waals surface area contributed by atoms with Crippen LogP contribution in [0.1, 0.15) is 0 Å². The van der Waals surface area contributed by atoms with Crippen LogP contribution in [-0.4, -0.2) is 43.4 Å². The van der Waals surface area contributed by atoms with E-state index >= 15 is 0 Å². The smallest absolute Gasteiger partial charge is 0.323 e. The number of aliphatic hydroxyl groups is 1. The van der Waals surface area contributed by atoms with Crippen molar-refractivity contribution in [3.8, 4) is 0 Å². The number of aliphatic hydroxyl groups excluding tert-OH is 1. The molecule has 1 atom stereocenters. The van der Waals surface area contributed by atoms with Gasteiger partial charge in [0.15, 0.2) is 0 Å². The van der Waals surface area contributed by atoms with Crippen LogP contribution >= 0.6 is 7.55 Å². The van der Waals surface area contributed by atoms with E-state index in [9.17, 15) is 0 Å². The zero-order valence-electron chi connectivity index (χ0n) is 5.99. The molecule has 58 valence electrons. The summed E-state index contributed by atoms with van der Waals surface area (Å²) in [6.45, 7) is 2.75. The van der Waals surface area contributed by atoms with Gasteiger partial charge in [-0.15, -0.1) is 0 Å². The van der Waals surface area contributed by atoms with E-state index in [1.807, 2.05) is 6.66 Å². The van der Waals surface area contributed by atoms with Crippen LogP contribution in [0.3, 0.4) is 0 Å². The van der Waals surface area contributed by atoms with Crippen molar-refractivity contribution in [2.45, 2.75) is 12.1 Å². The third kappa shape index (κ3) is 2.03. The highest BCUT2D eigenvalue weighted by Crippen LogP contribution is 2.26. The summed E-state index contributed by atoms with van der Waals surface area (Å²) in [7, 11) is -0.443. The Morgan fingerprint density at radius 1 is 1.50 bits per heavy atom. The maximum atomic E-state index is 8.95. The summed E-state index contributed by atoms with van der Waals surface area (Å²) in [5.74, 6) is 0. The van der Waals surface area contributed by atoms with E-state index < -0.39 is 13.6 Å². The van der Waals surface area contributed by atoms with E-state index in [1.165, 1.54) is 0 Å². The highest BCUT2D eigenvalue weighted by Gasteiger charge is 2.26. The second kappa shape index (κ2) is 3.44. The van der Waals surface area contributed by atoms with Crippen LogP contribution in [0, 0.1) is 0 Å². The summed E-state index contributed by atoms with van der Waals surface area (Å²) in [6.07, 6.45) is 3.37. The summed E-state index contributed by atoms with van der Waals surface area (Å²) in [5.41, 5.74) is 0. The molecule has 1 aliphatic heterocycles. The van der Waals surface area contributed by atoms with Crippen LogP contribution in [0.15, 0.2) is 0 Å². The predicted molar refractivity (Wildman–Crippen MR) is 41.7 cm³/mol. The lowest BCUT2D eigenvalue weighted by molar-refractivity contribution is -0.173. The van der Waals surface area contributed by atoms with E-state index in [0.717, 1.165) is 0 Å². The Labute approximate surface area is 61.3 Å².